The monoisotopic (exact) mass is 355 g/mol. The summed E-state index contributed by atoms with van der Waals surface area (Å²) in [7, 11) is 0. The fraction of sp³-hybridized carbons (Fsp3) is 0.143. The van der Waals surface area contributed by atoms with Crippen LogP contribution in [0.4, 0.5) is 10.1 Å². The number of hydrogen-bond acceptors (Lipinski definition) is 4. The number of nitro benzene ring substituents is 1. The molecular formula is C14H11BrFNO4. The van der Waals surface area contributed by atoms with E-state index in [1.54, 1.807) is 25.1 Å². The number of aliphatic hydroxyl groups is 1. The van der Waals surface area contributed by atoms with Gasteiger partial charge in [0.25, 0.3) is 0 Å². The molecule has 1 atom stereocenters. The van der Waals surface area contributed by atoms with Gasteiger partial charge in [-0.05, 0) is 46.6 Å². The molecule has 2 rings (SSSR count). The Balaban J connectivity index is 2.38. The molecule has 0 radical (unpaired) electrons. The maximum Gasteiger partial charge on any atom is 0.311 e. The molecule has 0 aliphatic heterocycles. The van der Waals surface area contributed by atoms with Crippen molar-refractivity contribution in [3.05, 3.63) is 62.4 Å². The largest absolute Gasteiger partial charge is 0.449 e. The van der Waals surface area contributed by atoms with Gasteiger partial charge in [-0.25, -0.2) is 4.39 Å². The Bertz CT molecular complexity index is 691. The first-order chi connectivity index (χ1) is 9.88. The molecule has 5 nitrogen and oxygen atoms in total. The van der Waals surface area contributed by atoms with Crippen LogP contribution in [0.2, 0.25) is 0 Å². The molecule has 0 aliphatic rings. The number of halogens is 2. The Labute approximate surface area is 128 Å². The first kappa shape index (κ1) is 15.4. The minimum absolute atomic E-state index is 0.189. The summed E-state index contributed by atoms with van der Waals surface area (Å²) in [6, 6.07) is 7.79. The molecule has 0 amide bonds. The smallest absolute Gasteiger partial charge is 0.311 e. The minimum Gasteiger partial charge on any atom is -0.449 e. The number of hydrogen-bond donors (Lipinski definition) is 1. The van der Waals surface area contributed by atoms with Crippen LogP contribution in [0.5, 0.6) is 11.5 Å². The molecule has 7 heteroatoms. The van der Waals surface area contributed by atoms with Crippen LogP contribution in [0.1, 0.15) is 18.6 Å². The van der Waals surface area contributed by atoms with E-state index in [9.17, 15) is 19.6 Å². The molecule has 0 aromatic heterocycles. The third-order valence-electron chi connectivity index (χ3n) is 2.78. The van der Waals surface area contributed by atoms with Crippen molar-refractivity contribution in [2.75, 3.05) is 0 Å². The second-order valence-corrected chi connectivity index (χ2v) is 5.19. The summed E-state index contributed by atoms with van der Waals surface area (Å²) in [4.78, 5) is 10.3. The predicted molar refractivity (Wildman–Crippen MR) is 77.9 cm³/mol. The molecular weight excluding hydrogens is 345 g/mol. The zero-order valence-electron chi connectivity index (χ0n) is 10.9. The summed E-state index contributed by atoms with van der Waals surface area (Å²) in [6.07, 6.45) is -0.654. The molecule has 0 heterocycles. The van der Waals surface area contributed by atoms with Gasteiger partial charge in [0.2, 0.25) is 5.75 Å². The molecule has 0 fully saturated rings. The van der Waals surface area contributed by atoms with Crippen LogP contribution in [0.25, 0.3) is 0 Å². The fourth-order valence-electron chi connectivity index (χ4n) is 1.70. The Kier molecular flexibility index (Phi) is 4.54. The van der Waals surface area contributed by atoms with Crippen LogP contribution in [0.15, 0.2) is 40.9 Å². The number of aliphatic hydroxyl groups excluding tert-OH is 1. The van der Waals surface area contributed by atoms with E-state index in [1.807, 2.05) is 0 Å². The maximum atomic E-state index is 13.2. The first-order valence-electron chi connectivity index (χ1n) is 5.98. The Morgan fingerprint density at radius 3 is 2.57 bits per heavy atom. The normalized spacial score (nSPS) is 12.0. The summed E-state index contributed by atoms with van der Waals surface area (Å²) in [5, 5.41) is 20.4. The molecule has 0 spiro atoms. The van der Waals surface area contributed by atoms with Crippen molar-refractivity contribution in [1.82, 2.24) is 0 Å². The van der Waals surface area contributed by atoms with Gasteiger partial charge in [-0.3, -0.25) is 10.1 Å². The van der Waals surface area contributed by atoms with E-state index in [2.05, 4.69) is 15.9 Å². The molecule has 0 aliphatic carbocycles. The van der Waals surface area contributed by atoms with E-state index < -0.39 is 16.8 Å². The fourth-order valence-corrected chi connectivity index (χ4v) is 2.18. The second-order valence-electron chi connectivity index (χ2n) is 4.34. The van der Waals surface area contributed by atoms with Gasteiger partial charge in [0.15, 0.2) is 0 Å². The van der Waals surface area contributed by atoms with Gasteiger partial charge in [-0.15, -0.1) is 0 Å². The lowest BCUT2D eigenvalue weighted by atomic mass is 10.1. The highest BCUT2D eigenvalue weighted by Crippen LogP contribution is 2.36. The molecule has 21 heavy (non-hydrogen) atoms. The van der Waals surface area contributed by atoms with Crippen molar-refractivity contribution in [2.45, 2.75) is 13.0 Å². The molecule has 0 saturated carbocycles. The quantitative estimate of drug-likeness (QED) is 0.653. The molecule has 1 unspecified atom stereocenters. The van der Waals surface area contributed by atoms with Gasteiger partial charge >= 0.3 is 5.69 Å². The second kappa shape index (κ2) is 6.19. The number of rotatable bonds is 4. The number of benzene rings is 2. The lowest BCUT2D eigenvalue weighted by Crippen LogP contribution is -1.96. The minimum atomic E-state index is -0.654. The van der Waals surface area contributed by atoms with Crippen LogP contribution in [-0.4, -0.2) is 10.0 Å². The van der Waals surface area contributed by atoms with E-state index in [-0.39, 0.29) is 17.2 Å². The highest BCUT2D eigenvalue weighted by molar-refractivity contribution is 9.10. The highest BCUT2D eigenvalue weighted by Gasteiger charge is 2.18. The lowest BCUT2D eigenvalue weighted by molar-refractivity contribution is -0.385. The van der Waals surface area contributed by atoms with Gasteiger partial charge in [-0.1, -0.05) is 6.07 Å². The first-order valence-corrected chi connectivity index (χ1v) is 6.77. The van der Waals surface area contributed by atoms with Crippen LogP contribution >= 0.6 is 15.9 Å². The maximum absolute atomic E-state index is 13.2. The van der Waals surface area contributed by atoms with Crippen molar-refractivity contribution < 1.29 is 19.2 Å². The van der Waals surface area contributed by atoms with Crippen LogP contribution in [0.3, 0.4) is 0 Å². The van der Waals surface area contributed by atoms with Gasteiger partial charge in [0, 0.05) is 12.1 Å². The zero-order valence-corrected chi connectivity index (χ0v) is 12.5. The number of ether oxygens (including phenoxy) is 1. The van der Waals surface area contributed by atoms with E-state index >= 15 is 0 Å². The predicted octanol–water partition coefficient (Wildman–Crippen LogP) is 4.34. The van der Waals surface area contributed by atoms with Crippen LogP contribution < -0.4 is 4.74 Å². The average Bonchev–Trinajstić information content (AvgIpc) is 2.40. The summed E-state index contributed by atoms with van der Waals surface area (Å²) in [5.41, 5.74) is 0.325. The van der Waals surface area contributed by atoms with Crippen LogP contribution in [-0.2, 0) is 0 Å². The molecule has 2 aromatic carbocycles. The Morgan fingerprint density at radius 1 is 1.29 bits per heavy atom. The summed E-state index contributed by atoms with van der Waals surface area (Å²) in [5.74, 6) is -0.536. The summed E-state index contributed by atoms with van der Waals surface area (Å²) < 4.78 is 19.1. The zero-order chi connectivity index (χ0) is 15.6. The molecule has 2 aromatic rings. The van der Waals surface area contributed by atoms with Gasteiger partial charge in [-0.2, -0.15) is 0 Å². The van der Waals surface area contributed by atoms with Gasteiger partial charge in [0.1, 0.15) is 11.6 Å². The summed E-state index contributed by atoms with van der Waals surface area (Å²) in [6.45, 7) is 1.61. The molecule has 110 valence electrons. The SMILES string of the molecule is CC(O)c1ccc(Oc2cc(F)ccc2[N+](=O)[O-])c(Br)c1. The van der Waals surface area contributed by atoms with E-state index in [0.29, 0.717) is 10.0 Å². The Hall–Kier alpha value is -1.99. The van der Waals surface area contributed by atoms with Gasteiger partial charge in [0.05, 0.1) is 15.5 Å². The third kappa shape index (κ3) is 3.56. The highest BCUT2D eigenvalue weighted by atomic mass is 79.9. The molecule has 1 N–H and O–H groups in total. The standard InChI is InChI=1S/C14H11BrFNO4/c1-8(18)9-2-5-13(11(15)6-9)21-14-7-10(16)3-4-12(14)17(19)20/h2-8,18H,1H3. The number of nitro groups is 1. The van der Waals surface area contributed by atoms with E-state index in [0.717, 1.165) is 18.2 Å². The van der Waals surface area contributed by atoms with Crippen molar-refractivity contribution in [2.24, 2.45) is 0 Å². The number of nitrogens with zero attached hydrogens (tertiary/aromatic N) is 1. The van der Waals surface area contributed by atoms with Crippen molar-refractivity contribution in [3.8, 4) is 11.5 Å². The molecule has 0 bridgehead atoms. The average molecular weight is 356 g/mol. The Morgan fingerprint density at radius 2 is 2.00 bits per heavy atom. The third-order valence-corrected chi connectivity index (χ3v) is 3.40. The van der Waals surface area contributed by atoms with Gasteiger partial charge < -0.3 is 9.84 Å². The van der Waals surface area contributed by atoms with Crippen molar-refractivity contribution >= 4 is 21.6 Å². The molecule has 0 saturated heterocycles. The van der Waals surface area contributed by atoms with E-state index in [4.69, 9.17) is 4.74 Å². The van der Waals surface area contributed by atoms with Crippen molar-refractivity contribution in [3.63, 3.8) is 0 Å². The topological polar surface area (TPSA) is 72.6 Å². The van der Waals surface area contributed by atoms with Crippen LogP contribution in [0, 0.1) is 15.9 Å². The van der Waals surface area contributed by atoms with E-state index in [1.165, 1.54) is 0 Å². The lowest BCUT2D eigenvalue weighted by Gasteiger charge is -2.11. The van der Waals surface area contributed by atoms with Crippen molar-refractivity contribution in [1.29, 1.82) is 0 Å². The summed E-state index contributed by atoms with van der Waals surface area (Å²) >= 11 is 3.25.